The Morgan fingerprint density at radius 3 is 2.44 bits per heavy atom. The van der Waals surface area contributed by atoms with Gasteiger partial charge in [0.1, 0.15) is 0 Å². The maximum atomic E-state index is 12.0. The quantitative estimate of drug-likeness (QED) is 0.727. The summed E-state index contributed by atoms with van der Waals surface area (Å²) in [6, 6.07) is 0. The van der Waals surface area contributed by atoms with Gasteiger partial charge in [0.15, 0.2) is 5.25 Å². The zero-order valence-corrected chi connectivity index (χ0v) is 10.5. The molecule has 16 heavy (non-hydrogen) atoms. The highest BCUT2D eigenvalue weighted by Gasteiger charge is 2.36. The van der Waals surface area contributed by atoms with Gasteiger partial charge >= 0.3 is 5.97 Å². The van der Waals surface area contributed by atoms with Gasteiger partial charge in [0, 0.05) is 13.1 Å². The predicted molar refractivity (Wildman–Crippen MR) is 60.6 cm³/mol. The van der Waals surface area contributed by atoms with Gasteiger partial charge in [-0.2, -0.15) is 0 Å². The summed E-state index contributed by atoms with van der Waals surface area (Å²) >= 11 is 0. The predicted octanol–water partition coefficient (Wildman–Crippen LogP) is 0.911. The van der Waals surface area contributed by atoms with Crippen LogP contribution in [0, 0.1) is 5.92 Å². The lowest BCUT2D eigenvalue weighted by Crippen LogP contribution is -2.42. The molecule has 1 aliphatic rings. The number of carboxylic acids is 1. The fourth-order valence-electron chi connectivity index (χ4n) is 1.51. The van der Waals surface area contributed by atoms with Crippen molar-refractivity contribution in [2.24, 2.45) is 5.92 Å². The molecule has 0 heterocycles. The molecule has 0 bridgehead atoms. The molecule has 0 aliphatic heterocycles. The second kappa shape index (κ2) is 5.14. The van der Waals surface area contributed by atoms with Crippen LogP contribution in [0.15, 0.2) is 0 Å². The Kier molecular flexibility index (Phi) is 4.32. The van der Waals surface area contributed by atoms with Crippen molar-refractivity contribution in [2.75, 3.05) is 13.1 Å². The molecule has 0 radical (unpaired) electrons. The third kappa shape index (κ3) is 3.18. The van der Waals surface area contributed by atoms with E-state index in [1.807, 2.05) is 6.92 Å². The molecular weight excluding hydrogens is 230 g/mol. The molecule has 1 unspecified atom stereocenters. The Morgan fingerprint density at radius 2 is 2.06 bits per heavy atom. The largest absolute Gasteiger partial charge is 0.480 e. The highest BCUT2D eigenvalue weighted by atomic mass is 32.2. The van der Waals surface area contributed by atoms with Gasteiger partial charge in [-0.25, -0.2) is 12.7 Å². The summed E-state index contributed by atoms with van der Waals surface area (Å²) in [4.78, 5) is 10.8. The summed E-state index contributed by atoms with van der Waals surface area (Å²) in [5.41, 5.74) is 0. The van der Waals surface area contributed by atoms with Crippen molar-refractivity contribution in [3.05, 3.63) is 0 Å². The van der Waals surface area contributed by atoms with E-state index in [4.69, 9.17) is 5.11 Å². The summed E-state index contributed by atoms with van der Waals surface area (Å²) in [5, 5.41) is 7.43. The molecule has 5 nitrogen and oxygen atoms in total. The monoisotopic (exact) mass is 249 g/mol. The maximum Gasteiger partial charge on any atom is 0.323 e. The first-order valence-electron chi connectivity index (χ1n) is 5.61. The first-order chi connectivity index (χ1) is 7.39. The molecule has 6 heteroatoms. The fourth-order valence-corrected chi connectivity index (χ4v) is 3.07. The molecule has 0 aromatic heterocycles. The lowest BCUT2D eigenvalue weighted by molar-refractivity contribution is -0.136. The number of rotatable bonds is 7. The first-order valence-corrected chi connectivity index (χ1v) is 7.11. The van der Waals surface area contributed by atoms with Crippen molar-refractivity contribution in [3.8, 4) is 0 Å². The normalized spacial score (nSPS) is 18.7. The van der Waals surface area contributed by atoms with Crippen molar-refractivity contribution in [3.63, 3.8) is 0 Å². The van der Waals surface area contributed by atoms with E-state index in [2.05, 4.69) is 0 Å². The molecule has 0 spiro atoms. The molecule has 0 amide bonds. The summed E-state index contributed by atoms with van der Waals surface area (Å²) in [7, 11) is -3.68. The summed E-state index contributed by atoms with van der Waals surface area (Å²) < 4.78 is 25.3. The molecule has 1 saturated carbocycles. The average molecular weight is 249 g/mol. The van der Waals surface area contributed by atoms with E-state index in [0.717, 1.165) is 12.8 Å². The average Bonchev–Trinajstić information content (AvgIpc) is 2.99. The molecule has 1 atom stereocenters. The number of hydrogen-bond acceptors (Lipinski definition) is 3. The number of hydrogen-bond donors (Lipinski definition) is 1. The van der Waals surface area contributed by atoms with Crippen molar-refractivity contribution < 1.29 is 18.3 Å². The number of carboxylic acid groups (broad SMARTS) is 1. The van der Waals surface area contributed by atoms with Crippen molar-refractivity contribution in [1.29, 1.82) is 0 Å². The van der Waals surface area contributed by atoms with Gasteiger partial charge in [0.2, 0.25) is 10.0 Å². The Bertz CT molecular complexity index is 348. The van der Waals surface area contributed by atoms with E-state index in [-0.39, 0.29) is 0 Å². The van der Waals surface area contributed by atoms with Crippen LogP contribution in [0.25, 0.3) is 0 Å². The van der Waals surface area contributed by atoms with Crippen molar-refractivity contribution in [2.45, 2.75) is 38.4 Å². The molecule has 1 fully saturated rings. The molecule has 1 N–H and O–H groups in total. The van der Waals surface area contributed by atoms with Crippen LogP contribution in [-0.2, 0) is 14.8 Å². The summed E-state index contributed by atoms with van der Waals surface area (Å²) in [5.74, 6) is -0.848. The van der Waals surface area contributed by atoms with E-state index in [1.165, 1.54) is 11.2 Å². The molecule has 0 saturated heterocycles. The first kappa shape index (κ1) is 13.4. The summed E-state index contributed by atoms with van der Waals surface area (Å²) in [6.07, 6.45) is 2.81. The van der Waals surface area contributed by atoms with Crippen molar-refractivity contribution >= 4 is 16.0 Å². The SMILES string of the molecule is CCCN(CC1CC1)S(=O)(=O)C(C)C(=O)O. The Balaban J connectivity index is 2.77. The minimum Gasteiger partial charge on any atom is -0.480 e. The van der Waals surface area contributed by atoms with Gasteiger partial charge in [0.05, 0.1) is 0 Å². The lowest BCUT2D eigenvalue weighted by atomic mass is 10.4. The number of aliphatic carboxylic acids is 1. The molecular formula is C10H19NO4S. The van der Waals surface area contributed by atoms with Gasteiger partial charge in [-0.05, 0) is 32.1 Å². The highest BCUT2D eigenvalue weighted by Crippen LogP contribution is 2.31. The van der Waals surface area contributed by atoms with Gasteiger partial charge < -0.3 is 5.11 Å². The lowest BCUT2D eigenvalue weighted by Gasteiger charge is -2.23. The van der Waals surface area contributed by atoms with Gasteiger partial charge in [-0.15, -0.1) is 0 Å². The number of nitrogens with zero attached hydrogens (tertiary/aromatic N) is 1. The van der Waals surface area contributed by atoms with Crippen LogP contribution in [0.2, 0.25) is 0 Å². The summed E-state index contributed by atoms with van der Waals surface area (Å²) in [6.45, 7) is 4.01. The van der Waals surface area contributed by atoms with Crippen LogP contribution >= 0.6 is 0 Å². The minimum absolute atomic E-state index is 0.413. The van der Waals surface area contributed by atoms with Gasteiger partial charge in [-0.3, -0.25) is 4.79 Å². The zero-order valence-electron chi connectivity index (χ0n) is 9.72. The van der Waals surface area contributed by atoms with Gasteiger partial charge in [-0.1, -0.05) is 6.92 Å². The zero-order chi connectivity index (χ0) is 12.3. The standard InChI is InChI=1S/C10H19NO4S/c1-3-6-11(7-9-4-5-9)16(14,15)8(2)10(12)13/h8-9H,3-7H2,1-2H3,(H,12,13). The molecule has 0 aromatic rings. The number of sulfonamides is 1. The number of carbonyl (C=O) groups is 1. The van der Waals surface area contributed by atoms with E-state index < -0.39 is 21.2 Å². The molecule has 94 valence electrons. The Labute approximate surface area is 96.5 Å². The minimum atomic E-state index is -3.68. The second-order valence-corrected chi connectivity index (χ2v) is 6.58. The van der Waals surface area contributed by atoms with Crippen LogP contribution in [0.4, 0.5) is 0 Å². The highest BCUT2D eigenvalue weighted by molar-refractivity contribution is 7.90. The smallest absolute Gasteiger partial charge is 0.323 e. The fraction of sp³-hybridized carbons (Fsp3) is 0.900. The molecule has 1 aliphatic carbocycles. The Hall–Kier alpha value is -0.620. The second-order valence-electron chi connectivity index (χ2n) is 4.33. The van der Waals surface area contributed by atoms with Crippen LogP contribution in [-0.4, -0.2) is 42.1 Å². The van der Waals surface area contributed by atoms with Crippen LogP contribution in [0.1, 0.15) is 33.1 Å². The molecule has 1 rings (SSSR count). The van der Waals surface area contributed by atoms with E-state index in [0.29, 0.717) is 25.4 Å². The topological polar surface area (TPSA) is 74.7 Å². The molecule has 0 aromatic carbocycles. The van der Waals surface area contributed by atoms with E-state index >= 15 is 0 Å². The van der Waals surface area contributed by atoms with Crippen LogP contribution in [0.3, 0.4) is 0 Å². The van der Waals surface area contributed by atoms with Gasteiger partial charge in [0.25, 0.3) is 0 Å². The van der Waals surface area contributed by atoms with Crippen LogP contribution < -0.4 is 0 Å². The maximum absolute atomic E-state index is 12.0. The third-order valence-electron chi connectivity index (χ3n) is 2.79. The third-order valence-corrected chi connectivity index (χ3v) is 4.93. The van der Waals surface area contributed by atoms with Crippen LogP contribution in [0.5, 0.6) is 0 Å². The van der Waals surface area contributed by atoms with E-state index in [9.17, 15) is 13.2 Å². The van der Waals surface area contributed by atoms with E-state index in [1.54, 1.807) is 0 Å². The Morgan fingerprint density at radius 1 is 1.50 bits per heavy atom. The van der Waals surface area contributed by atoms with Crippen molar-refractivity contribution in [1.82, 2.24) is 4.31 Å².